The van der Waals surface area contributed by atoms with E-state index in [0.717, 1.165) is 5.92 Å². The number of benzene rings is 1. The van der Waals surface area contributed by atoms with Crippen molar-refractivity contribution in [1.82, 2.24) is 0 Å². The van der Waals surface area contributed by atoms with Crippen molar-refractivity contribution in [2.45, 2.75) is 59.8 Å². The molecule has 111 valence electrons. The fourth-order valence-corrected chi connectivity index (χ4v) is 3.97. The molecule has 0 unspecified atom stereocenters. The second kappa shape index (κ2) is 6.52. The van der Waals surface area contributed by atoms with Gasteiger partial charge in [0.05, 0.1) is 0 Å². The molecule has 3 rings (SSSR count). The average molecular weight is 446 g/mol. The molecule has 0 nitrogen and oxygen atoms in total. The zero-order valence-corrected chi connectivity index (χ0v) is 17.5. The van der Waals surface area contributed by atoms with Crippen molar-refractivity contribution in [2.24, 2.45) is 11.3 Å². The van der Waals surface area contributed by atoms with Crippen LogP contribution in [0.25, 0.3) is 6.08 Å². The zero-order valence-electron chi connectivity index (χ0n) is 13.9. The van der Waals surface area contributed by atoms with Crippen molar-refractivity contribution < 1.29 is 25.8 Å². The van der Waals surface area contributed by atoms with Gasteiger partial charge in [-0.3, -0.25) is 0 Å². The van der Waals surface area contributed by atoms with Crippen molar-refractivity contribution in [3.8, 4) is 0 Å². The number of rotatable bonds is 4. The molecule has 1 aromatic rings. The summed E-state index contributed by atoms with van der Waals surface area (Å²) in [4.78, 5) is 0. The van der Waals surface area contributed by atoms with E-state index in [1.54, 1.807) is 17.0 Å². The van der Waals surface area contributed by atoms with Crippen molar-refractivity contribution in [3.05, 3.63) is 46.4 Å². The monoisotopic (exact) mass is 447 g/mol. The van der Waals surface area contributed by atoms with Crippen LogP contribution in [0.3, 0.4) is 0 Å². The number of allylic oxidation sites excluding steroid dienone is 1. The molecule has 0 heterocycles. The summed E-state index contributed by atoms with van der Waals surface area (Å²) in [7, 11) is 0. The molecule has 21 heavy (non-hydrogen) atoms. The van der Waals surface area contributed by atoms with Crippen LogP contribution in [-0.4, -0.2) is 0 Å². The van der Waals surface area contributed by atoms with Crippen molar-refractivity contribution in [1.29, 1.82) is 0 Å². The molecule has 0 bridgehead atoms. The summed E-state index contributed by atoms with van der Waals surface area (Å²) < 4.78 is 0. The number of hydrogen-bond acceptors (Lipinski definition) is 0. The van der Waals surface area contributed by atoms with Gasteiger partial charge in [-0.2, -0.15) is 0 Å². The molecule has 1 heteroatoms. The van der Waals surface area contributed by atoms with E-state index < -0.39 is 0 Å². The fourth-order valence-electron chi connectivity index (χ4n) is 3.97. The van der Waals surface area contributed by atoms with Crippen LogP contribution >= 0.6 is 0 Å². The van der Waals surface area contributed by atoms with Crippen LogP contribution in [0.2, 0.25) is 0 Å². The first-order chi connectivity index (χ1) is 9.57. The third-order valence-electron chi connectivity index (χ3n) is 5.44. The Labute approximate surface area is 149 Å². The van der Waals surface area contributed by atoms with Gasteiger partial charge in [-0.25, -0.2) is 0 Å². The summed E-state index contributed by atoms with van der Waals surface area (Å²) in [6.07, 6.45) is 11.1. The molecule has 0 N–H and O–H groups in total. The third-order valence-corrected chi connectivity index (χ3v) is 5.44. The first-order valence-electron chi connectivity index (χ1n) is 8.27. The van der Waals surface area contributed by atoms with E-state index in [1.165, 1.54) is 43.2 Å². The quantitative estimate of drug-likeness (QED) is 0.530. The van der Waals surface area contributed by atoms with Crippen LogP contribution in [-0.2, 0) is 38.7 Å². The fraction of sp³-hybridized carbons (Fsp3) is 0.550. The molecule has 0 amide bonds. The summed E-state index contributed by atoms with van der Waals surface area (Å²) in [5.41, 5.74) is 6.75. The van der Waals surface area contributed by atoms with E-state index in [1.807, 2.05) is 0 Å². The molecule has 1 radical (unpaired) electrons. The van der Waals surface area contributed by atoms with E-state index in [9.17, 15) is 0 Å². The molecule has 0 aliphatic heterocycles. The smallest absolute Gasteiger partial charge is 0.0276 e. The molecular weight excluding hydrogens is 419 g/mol. The van der Waals surface area contributed by atoms with Crippen LogP contribution < -0.4 is 0 Å². The minimum Gasteiger partial charge on any atom is -0.0721 e. The first-order valence-corrected chi connectivity index (χ1v) is 8.27. The maximum Gasteiger partial charge on any atom is 0.0276 e. The zero-order chi connectivity index (χ0) is 14.3. The Morgan fingerprint density at radius 3 is 2.19 bits per heavy atom. The Kier molecular flexibility index (Phi) is 5.34. The number of hydrogen-bond donors (Lipinski definition) is 0. The SMILES string of the molecule is CCC1(CC)Cc2cc3c(cc2C1)[C](CC(C)C)C=C3.[Hf]. The van der Waals surface area contributed by atoms with Crippen LogP contribution in [0.15, 0.2) is 18.2 Å². The van der Waals surface area contributed by atoms with Crippen molar-refractivity contribution in [3.63, 3.8) is 0 Å². The van der Waals surface area contributed by atoms with Gasteiger partial charge in [0, 0.05) is 31.8 Å². The standard InChI is InChI=1S/C20H27.Hf/c1-5-20(6-2)12-17-10-16-8-7-15(9-14(3)4)19(16)11-18(17)13-20;/h7-8,10-11,14H,5-6,9,12-13H2,1-4H3;. The molecule has 0 aromatic heterocycles. The van der Waals surface area contributed by atoms with E-state index in [-0.39, 0.29) is 25.8 Å². The van der Waals surface area contributed by atoms with Gasteiger partial charge in [-0.05, 0) is 65.7 Å². The van der Waals surface area contributed by atoms with E-state index >= 15 is 0 Å². The summed E-state index contributed by atoms with van der Waals surface area (Å²) >= 11 is 0. The van der Waals surface area contributed by atoms with E-state index in [4.69, 9.17) is 0 Å². The van der Waals surface area contributed by atoms with Gasteiger partial charge >= 0.3 is 0 Å². The Bertz CT molecular complexity index is 535. The molecule has 2 aliphatic rings. The van der Waals surface area contributed by atoms with Crippen LogP contribution in [0.4, 0.5) is 0 Å². The predicted octanol–water partition coefficient (Wildman–Crippen LogP) is 5.58. The Morgan fingerprint density at radius 1 is 1.00 bits per heavy atom. The van der Waals surface area contributed by atoms with Crippen molar-refractivity contribution >= 4 is 6.08 Å². The van der Waals surface area contributed by atoms with Gasteiger partial charge in [-0.1, -0.05) is 52.0 Å². The summed E-state index contributed by atoms with van der Waals surface area (Å²) in [5.74, 6) is 2.28. The minimum absolute atomic E-state index is 0. The van der Waals surface area contributed by atoms with Gasteiger partial charge in [-0.15, -0.1) is 0 Å². The predicted molar refractivity (Wildman–Crippen MR) is 87.7 cm³/mol. The first kappa shape index (κ1) is 17.2. The Hall–Kier alpha value is -0.170. The van der Waals surface area contributed by atoms with Gasteiger partial charge < -0.3 is 0 Å². The number of fused-ring (bicyclic) bond motifs is 2. The largest absolute Gasteiger partial charge is 0.0721 e. The van der Waals surface area contributed by atoms with Gasteiger partial charge in [0.15, 0.2) is 0 Å². The molecule has 0 saturated heterocycles. The summed E-state index contributed by atoms with van der Waals surface area (Å²) in [6.45, 7) is 9.34. The van der Waals surface area contributed by atoms with Gasteiger partial charge in [0.1, 0.15) is 0 Å². The topological polar surface area (TPSA) is 0 Å². The minimum atomic E-state index is 0. The average Bonchev–Trinajstić information content (AvgIpc) is 2.97. The summed E-state index contributed by atoms with van der Waals surface area (Å²) in [5, 5.41) is 0. The van der Waals surface area contributed by atoms with Crippen LogP contribution in [0.5, 0.6) is 0 Å². The second-order valence-electron chi connectivity index (χ2n) is 7.23. The molecule has 2 aliphatic carbocycles. The second-order valence-corrected chi connectivity index (χ2v) is 7.23. The van der Waals surface area contributed by atoms with E-state index in [2.05, 4.69) is 52.0 Å². The third kappa shape index (κ3) is 3.14. The maximum absolute atomic E-state index is 2.51. The summed E-state index contributed by atoms with van der Waals surface area (Å²) in [6, 6.07) is 4.98. The van der Waals surface area contributed by atoms with Crippen LogP contribution in [0, 0.1) is 17.3 Å². The Morgan fingerprint density at radius 2 is 1.62 bits per heavy atom. The van der Waals surface area contributed by atoms with E-state index in [0.29, 0.717) is 5.41 Å². The van der Waals surface area contributed by atoms with Gasteiger partial charge in [0.25, 0.3) is 0 Å². The Balaban J connectivity index is 0.00000161. The molecule has 0 fully saturated rings. The normalized spacial score (nSPS) is 18.7. The van der Waals surface area contributed by atoms with Gasteiger partial charge in [0.2, 0.25) is 0 Å². The van der Waals surface area contributed by atoms with Crippen LogP contribution in [0.1, 0.15) is 69.2 Å². The molecular formula is C20H27Hf. The maximum atomic E-state index is 2.51. The molecule has 0 spiro atoms. The molecule has 0 atom stereocenters. The molecule has 1 aromatic carbocycles. The van der Waals surface area contributed by atoms with Crippen molar-refractivity contribution in [2.75, 3.05) is 0 Å². The molecule has 0 saturated carbocycles.